The molecule has 14 nitrogen and oxygen atoms in total. The molecule has 0 spiro atoms. The monoisotopic (exact) mass is 1450 g/mol. The van der Waals surface area contributed by atoms with Crippen LogP contribution in [0.1, 0.15) is 249 Å². The Hall–Kier alpha value is -2.36. The maximum Gasteiger partial charge on any atom is 2.00 e. The fourth-order valence-corrected chi connectivity index (χ4v) is 6.84. The normalized spacial score (nSPS) is 12.9. The Morgan fingerprint density at radius 2 is 0.784 bits per heavy atom. The minimum atomic E-state index is -0.685. The number of esters is 6. The summed E-state index contributed by atoms with van der Waals surface area (Å²) < 4.78 is 30.3. The van der Waals surface area contributed by atoms with Gasteiger partial charge in [0.05, 0.1) is 39.3 Å². The number of hydrogen-bond donors (Lipinski definition) is 0. The molecule has 0 radical (unpaired) electrons. The van der Waals surface area contributed by atoms with Crippen LogP contribution in [-0.4, -0.2) is 98.9 Å². The first-order valence-electron chi connectivity index (χ1n) is 28.1. The number of rotatable bonds is 39. The van der Waals surface area contributed by atoms with Crippen LogP contribution in [0, 0.1) is 64.7 Å². The number of ether oxygens (including phenoxy) is 6. The summed E-state index contributed by atoms with van der Waals surface area (Å²) in [5.41, 5.74) is 0. The van der Waals surface area contributed by atoms with Crippen LogP contribution in [0.4, 0.5) is 0 Å². The van der Waals surface area contributed by atoms with Crippen molar-refractivity contribution < 1.29 is 114 Å². The number of carbonyl (C=O) groups excluding carboxylic acids is 7. The predicted molar refractivity (Wildman–Crippen MR) is 291 cm³/mol. The van der Waals surface area contributed by atoms with Crippen molar-refractivity contribution in [3.05, 3.63) is 27.7 Å². The molecule has 1 fully saturated rings. The number of amides is 1. The van der Waals surface area contributed by atoms with E-state index in [1.54, 1.807) is 6.41 Å². The van der Waals surface area contributed by atoms with E-state index in [1.165, 1.54) is 81.9 Å². The van der Waals surface area contributed by atoms with Gasteiger partial charge in [-0.2, -0.15) is 12.8 Å². The van der Waals surface area contributed by atoms with Crippen molar-refractivity contribution in [3.63, 3.8) is 0 Å². The van der Waals surface area contributed by atoms with E-state index in [0.717, 1.165) is 83.5 Å². The van der Waals surface area contributed by atoms with Crippen molar-refractivity contribution in [1.29, 1.82) is 0 Å². The van der Waals surface area contributed by atoms with Gasteiger partial charge in [0.2, 0.25) is 0 Å². The van der Waals surface area contributed by atoms with Gasteiger partial charge in [0.25, 0.3) is 0 Å². The van der Waals surface area contributed by atoms with Crippen LogP contribution in [0.15, 0.2) is 0 Å². The third-order valence-electron chi connectivity index (χ3n) is 10.7. The quantitative estimate of drug-likeness (QED) is 0.0246. The Bertz CT molecular complexity index is 1220. The molecule has 0 N–H and O–H groups in total. The molecule has 436 valence electrons. The van der Waals surface area contributed by atoms with E-state index in [0.29, 0.717) is 32.7 Å². The molecule has 1 amide bonds. The second kappa shape index (κ2) is 70.6. The van der Waals surface area contributed by atoms with E-state index < -0.39 is 35.8 Å². The summed E-state index contributed by atoms with van der Waals surface area (Å²) in [5, 5.41) is 0. The summed E-state index contributed by atoms with van der Waals surface area (Å²) in [7, 11) is 0. The van der Waals surface area contributed by atoms with Crippen LogP contribution < -0.4 is 0 Å². The van der Waals surface area contributed by atoms with Gasteiger partial charge in [-0.1, -0.05) is 191 Å². The maximum atomic E-state index is 12.6. The molecule has 1 saturated heterocycles. The van der Waals surface area contributed by atoms with Crippen molar-refractivity contribution >= 4 is 42.2 Å². The van der Waals surface area contributed by atoms with Gasteiger partial charge in [-0.3, -0.25) is 49.5 Å². The van der Waals surface area contributed by atoms with Crippen molar-refractivity contribution in [2.24, 2.45) is 5.92 Å². The first-order valence-corrected chi connectivity index (χ1v) is 28.1. The second-order valence-corrected chi connectivity index (χ2v) is 17.3. The van der Waals surface area contributed by atoms with Gasteiger partial charge in [0.1, 0.15) is 13.2 Å². The molecular weight excluding hydrogens is 1340 g/mol. The summed E-state index contributed by atoms with van der Waals surface area (Å²) in [6.45, 7) is 32.9. The molecule has 0 aromatic rings. The third-order valence-corrected chi connectivity index (χ3v) is 10.7. The summed E-state index contributed by atoms with van der Waals surface area (Å²) in [4.78, 5) is 81.3. The Labute approximate surface area is 491 Å². The minimum Gasteiger partial charge on any atom is -0.520 e. The fourth-order valence-electron chi connectivity index (χ4n) is 6.84. The van der Waals surface area contributed by atoms with Crippen LogP contribution in [0.2, 0.25) is 0 Å². The molecule has 1 aliphatic rings. The Kier molecular flexibility index (Phi) is 81.7. The molecule has 1 heterocycles. The molecule has 74 heavy (non-hydrogen) atoms. The fraction of sp³-hybridized carbons (Fsp3) is 0.810. The molecule has 1 rings (SSSR count). The van der Waals surface area contributed by atoms with E-state index in [2.05, 4.69) is 55.4 Å². The molecule has 3 atom stereocenters. The van der Waals surface area contributed by atoms with Gasteiger partial charge in [-0.25, -0.2) is 0 Å². The number of hydrogen-bond acceptors (Lipinski definition) is 13. The smallest absolute Gasteiger partial charge is 0.520 e. The van der Waals surface area contributed by atoms with Crippen LogP contribution in [0.5, 0.6) is 0 Å². The van der Waals surface area contributed by atoms with Crippen LogP contribution >= 0.6 is 0 Å². The molecule has 3 unspecified atom stereocenters. The number of carbonyl (C=O) groups is 6. The summed E-state index contributed by atoms with van der Waals surface area (Å²) in [6.07, 6.45) is 30.7. The summed E-state index contributed by atoms with van der Waals surface area (Å²) in [6, 6.07) is -0.706. The Morgan fingerprint density at radius 3 is 1.14 bits per heavy atom. The van der Waals surface area contributed by atoms with Gasteiger partial charge < -0.3 is 45.0 Å². The van der Waals surface area contributed by atoms with Gasteiger partial charge in [0, 0.05) is 45.5 Å². The zero-order chi connectivity index (χ0) is 55.5. The number of nitrogens with zero attached hydrogens (tertiary/aromatic N) is 1. The zero-order valence-electron chi connectivity index (χ0n) is 48.5. The van der Waals surface area contributed by atoms with Crippen LogP contribution in [0.3, 0.4) is 0 Å². The Morgan fingerprint density at radius 1 is 0.473 bits per heavy atom. The standard InChI is InChI=1S/C31H51NO9.2C10H19O2.C3H7.2C2H6.U.W/c1-4-6-8-10-12-14-16-29(35)40-21-26(18-30(36)38-17-15-13-11-9-7-5-2)19-31(37)41-23-28-20-27(32(28)24-33)22-39-25(3)34;2*1-3-4-5-6-7-8-9-12-10(2)11;1-3-2;2*1-2;;/h26-28H,3-23H2,1-2H3;2*2-9H2,1H3;1,3H2,2H3;2*1-2H3;;/q-2;3*-1;;;+2;. The first kappa shape index (κ1) is 85.6. The van der Waals surface area contributed by atoms with Crippen LogP contribution in [-0.2, 0) is 83.0 Å². The van der Waals surface area contributed by atoms with E-state index >= 15 is 0 Å². The predicted octanol–water partition coefficient (Wildman–Crippen LogP) is 13.7. The van der Waals surface area contributed by atoms with Crippen molar-refractivity contribution in [2.45, 2.75) is 261 Å². The van der Waals surface area contributed by atoms with E-state index in [-0.39, 0.29) is 103 Å². The molecule has 0 aromatic carbocycles. The average molecular weight is 1450 g/mol. The first-order chi connectivity index (χ1) is 34.8. The molecule has 0 saturated carbocycles. The van der Waals surface area contributed by atoms with Gasteiger partial charge in [0.15, 0.2) is 17.9 Å². The van der Waals surface area contributed by atoms with Crippen molar-refractivity contribution in [1.82, 2.24) is 4.90 Å². The molecule has 16 heteroatoms. The van der Waals surface area contributed by atoms with Crippen LogP contribution in [0.25, 0.3) is 0 Å². The van der Waals surface area contributed by atoms with Crippen molar-refractivity contribution in [3.8, 4) is 0 Å². The van der Waals surface area contributed by atoms with Gasteiger partial charge in [-0.05, 0) is 32.1 Å². The summed E-state index contributed by atoms with van der Waals surface area (Å²) in [5.74, 6) is -3.44. The SMILES string of the molecule is CC.CC.[CH2-]C(=O)OCC1CC(COC(=O)CC(COC(=O)CCCCCCCC)CC(=O)OCCCCCCCC)N1[C-]=O.[CH2-]C(=O)OCCCCCCCC.[CH2-]C(=O)OCCCCCCCC.[CH2-]CC.[U+2].[W]. The molecule has 0 aliphatic carbocycles. The third kappa shape index (κ3) is 67.7. The number of likely N-dealkylation sites (tertiary alicyclic amines) is 1. The molecule has 0 bridgehead atoms. The van der Waals surface area contributed by atoms with E-state index in [9.17, 15) is 33.6 Å². The largest absolute Gasteiger partial charge is 2.00 e. The van der Waals surface area contributed by atoms with Crippen molar-refractivity contribution in [2.75, 3.05) is 39.6 Å². The van der Waals surface area contributed by atoms with E-state index in [1.807, 2.05) is 34.6 Å². The summed E-state index contributed by atoms with van der Waals surface area (Å²) >= 11 is 0. The molecular formula is C58H108NO13UW-3. The minimum absolute atomic E-state index is 0. The topological polar surface area (TPSA) is 178 Å². The number of unbranched alkanes of at least 4 members (excludes halogenated alkanes) is 20. The van der Waals surface area contributed by atoms with Gasteiger partial charge >= 0.3 is 49.0 Å². The Balaban J connectivity index is -0.000000222. The zero-order valence-corrected chi connectivity index (χ0v) is 55.6. The van der Waals surface area contributed by atoms with E-state index in [4.69, 9.17) is 28.4 Å². The molecule has 1 aliphatic heterocycles. The molecule has 0 aromatic heterocycles. The second-order valence-electron chi connectivity index (χ2n) is 17.3. The average Bonchev–Trinajstić information content (AvgIpc) is 3.34. The van der Waals surface area contributed by atoms with Gasteiger partial charge in [-0.15, -0.1) is 0 Å². The maximum absolute atomic E-state index is 12.6.